The quantitative estimate of drug-likeness (QED) is 0.756. The molecule has 0 bridgehead atoms. The summed E-state index contributed by atoms with van der Waals surface area (Å²) in [5, 5.41) is 0.167. The third kappa shape index (κ3) is 2.34. The first-order valence-corrected chi connectivity index (χ1v) is 5.79. The van der Waals surface area contributed by atoms with Gasteiger partial charge in [-0.1, -0.05) is 6.07 Å². The lowest BCUT2D eigenvalue weighted by Gasteiger charge is -2.29. The van der Waals surface area contributed by atoms with Crippen molar-refractivity contribution < 1.29 is 35.5 Å². The number of hydrogen-bond donors (Lipinski definition) is 0. The van der Waals surface area contributed by atoms with Crippen LogP contribution in [0.3, 0.4) is 0 Å². The van der Waals surface area contributed by atoms with Gasteiger partial charge in [0.25, 0.3) is 0 Å². The van der Waals surface area contributed by atoms with E-state index >= 15 is 0 Å². The Hall–Kier alpha value is -2.06. The van der Waals surface area contributed by atoms with Gasteiger partial charge >= 0.3 is 18.0 Å². The average molecular weight is 327 g/mol. The third-order valence-electron chi connectivity index (χ3n) is 3.05. The average Bonchev–Trinajstić information content (AvgIpc) is 2.42. The molecule has 0 amide bonds. The van der Waals surface area contributed by atoms with E-state index in [4.69, 9.17) is 4.74 Å². The number of hydrogen-bond acceptors (Lipinski definition) is 2. The van der Waals surface area contributed by atoms with Crippen LogP contribution < -0.4 is 4.74 Å². The second-order valence-corrected chi connectivity index (χ2v) is 4.38. The summed E-state index contributed by atoms with van der Waals surface area (Å²) in [7, 11) is 1.27. The topological polar surface area (TPSA) is 22.1 Å². The van der Waals surface area contributed by atoms with Crippen LogP contribution in [0, 0.1) is 0 Å². The van der Waals surface area contributed by atoms with E-state index in [2.05, 4.69) is 4.98 Å². The molecule has 0 fully saturated rings. The van der Waals surface area contributed by atoms with Gasteiger partial charge in [-0.3, -0.25) is 0 Å². The highest BCUT2D eigenvalue weighted by atomic mass is 19.4. The summed E-state index contributed by atoms with van der Waals surface area (Å²) < 4.78 is 94.8. The van der Waals surface area contributed by atoms with Crippen molar-refractivity contribution in [1.29, 1.82) is 0 Å². The summed E-state index contributed by atoms with van der Waals surface area (Å²) in [4.78, 5) is 3.19. The van der Waals surface area contributed by atoms with Crippen LogP contribution in [0.4, 0.5) is 30.7 Å². The van der Waals surface area contributed by atoms with Crippen molar-refractivity contribution in [2.75, 3.05) is 7.11 Å². The van der Waals surface area contributed by atoms with Crippen molar-refractivity contribution in [1.82, 2.24) is 4.98 Å². The minimum absolute atomic E-state index is 0.167. The fourth-order valence-electron chi connectivity index (χ4n) is 1.95. The molecule has 0 unspecified atom stereocenters. The first kappa shape index (κ1) is 16.3. The van der Waals surface area contributed by atoms with Crippen LogP contribution in [-0.2, 0) is 5.67 Å². The SMILES string of the molecule is COc1cccc2nc(C(F)(C(F)(F)F)C(F)(F)F)ccc12. The molecule has 120 valence electrons. The Labute approximate surface area is 119 Å². The molecule has 1 aromatic carbocycles. The minimum Gasteiger partial charge on any atom is -0.496 e. The number of ether oxygens (including phenoxy) is 1. The molecule has 1 aromatic heterocycles. The van der Waals surface area contributed by atoms with Crippen molar-refractivity contribution >= 4 is 10.9 Å². The van der Waals surface area contributed by atoms with Gasteiger partial charge in [0, 0.05) is 5.39 Å². The molecule has 0 atom stereocenters. The summed E-state index contributed by atoms with van der Waals surface area (Å²) >= 11 is 0. The largest absolute Gasteiger partial charge is 0.496 e. The van der Waals surface area contributed by atoms with E-state index in [1.54, 1.807) is 0 Å². The van der Waals surface area contributed by atoms with Crippen LogP contribution >= 0.6 is 0 Å². The molecule has 0 saturated carbocycles. The number of fused-ring (bicyclic) bond motifs is 1. The number of halogens is 7. The molecule has 0 saturated heterocycles. The Morgan fingerprint density at radius 1 is 0.864 bits per heavy atom. The molecule has 1 heterocycles. The first-order valence-electron chi connectivity index (χ1n) is 5.79. The molecular formula is C13H8F7NO. The summed E-state index contributed by atoms with van der Waals surface area (Å²) in [6, 6.07) is 5.18. The maximum atomic E-state index is 13.9. The van der Waals surface area contributed by atoms with Crippen LogP contribution in [0.1, 0.15) is 5.69 Å². The molecule has 0 N–H and O–H groups in total. The number of alkyl halides is 7. The van der Waals surface area contributed by atoms with E-state index in [-0.39, 0.29) is 16.7 Å². The van der Waals surface area contributed by atoms with Crippen LogP contribution in [0.25, 0.3) is 10.9 Å². The molecule has 0 aliphatic carbocycles. The lowest BCUT2D eigenvalue weighted by Crippen LogP contribution is -2.50. The lowest BCUT2D eigenvalue weighted by atomic mass is 9.98. The molecule has 0 aliphatic rings. The Kier molecular flexibility index (Phi) is 3.70. The number of rotatable bonds is 2. The number of aromatic nitrogens is 1. The zero-order valence-electron chi connectivity index (χ0n) is 10.9. The van der Waals surface area contributed by atoms with Gasteiger partial charge in [0.2, 0.25) is 0 Å². The molecule has 2 aromatic rings. The summed E-state index contributed by atoms with van der Waals surface area (Å²) in [5.41, 5.74) is -7.56. The third-order valence-corrected chi connectivity index (χ3v) is 3.05. The Bertz CT molecular complexity index is 679. The summed E-state index contributed by atoms with van der Waals surface area (Å²) in [5.74, 6) is 0.194. The molecule has 9 heteroatoms. The van der Waals surface area contributed by atoms with Gasteiger partial charge in [-0.15, -0.1) is 0 Å². The second-order valence-electron chi connectivity index (χ2n) is 4.38. The molecule has 0 aliphatic heterocycles. The highest BCUT2D eigenvalue weighted by molar-refractivity contribution is 5.85. The van der Waals surface area contributed by atoms with Crippen molar-refractivity contribution in [3.05, 3.63) is 36.0 Å². The highest BCUT2D eigenvalue weighted by Gasteiger charge is 2.74. The van der Waals surface area contributed by atoms with Crippen molar-refractivity contribution in [2.45, 2.75) is 18.0 Å². The maximum absolute atomic E-state index is 13.9. The number of benzene rings is 1. The fourth-order valence-corrected chi connectivity index (χ4v) is 1.95. The van der Waals surface area contributed by atoms with E-state index in [9.17, 15) is 30.7 Å². The van der Waals surface area contributed by atoms with Gasteiger partial charge in [-0.05, 0) is 24.3 Å². The fraction of sp³-hybridized carbons (Fsp3) is 0.308. The van der Waals surface area contributed by atoms with Crippen LogP contribution in [0.15, 0.2) is 30.3 Å². The minimum atomic E-state index is -6.19. The Morgan fingerprint density at radius 3 is 1.95 bits per heavy atom. The van der Waals surface area contributed by atoms with E-state index in [1.165, 1.54) is 19.2 Å². The first-order chi connectivity index (χ1) is 10.0. The predicted molar refractivity (Wildman–Crippen MR) is 63.2 cm³/mol. The Balaban J connectivity index is 2.72. The molecule has 0 spiro atoms. The van der Waals surface area contributed by atoms with Crippen LogP contribution in [0.5, 0.6) is 5.75 Å². The zero-order valence-corrected chi connectivity index (χ0v) is 10.9. The molecular weight excluding hydrogens is 319 g/mol. The second kappa shape index (κ2) is 4.99. The standard InChI is InChI=1S/C13H8F7NO/c1-22-9-4-2-3-8-7(9)5-6-10(21-8)11(14,12(15,16)17)13(18,19)20/h2-6H,1H3. The van der Waals surface area contributed by atoms with Gasteiger partial charge in [0.1, 0.15) is 5.75 Å². The zero-order chi connectivity index (χ0) is 16.8. The van der Waals surface area contributed by atoms with Gasteiger partial charge in [-0.2, -0.15) is 26.3 Å². The van der Waals surface area contributed by atoms with E-state index in [0.29, 0.717) is 6.07 Å². The van der Waals surface area contributed by atoms with Gasteiger partial charge in [0.15, 0.2) is 0 Å². The normalized spacial score (nSPS) is 13.5. The van der Waals surface area contributed by atoms with Crippen molar-refractivity contribution in [3.8, 4) is 5.75 Å². The molecule has 2 rings (SSSR count). The van der Waals surface area contributed by atoms with Crippen LogP contribution in [0.2, 0.25) is 0 Å². The lowest BCUT2D eigenvalue weighted by molar-refractivity contribution is -0.349. The van der Waals surface area contributed by atoms with Gasteiger partial charge in [-0.25, -0.2) is 9.37 Å². The number of methoxy groups -OCH3 is 1. The van der Waals surface area contributed by atoms with E-state index in [0.717, 1.165) is 12.1 Å². The van der Waals surface area contributed by atoms with E-state index in [1.807, 2.05) is 0 Å². The molecule has 0 radical (unpaired) electrons. The van der Waals surface area contributed by atoms with Gasteiger partial charge in [0.05, 0.1) is 18.3 Å². The summed E-state index contributed by atoms with van der Waals surface area (Å²) in [6.07, 6.45) is -12.4. The van der Waals surface area contributed by atoms with E-state index < -0.39 is 23.7 Å². The predicted octanol–water partition coefficient (Wildman–Crippen LogP) is 4.53. The number of nitrogens with zero attached hydrogens (tertiary/aromatic N) is 1. The highest BCUT2D eigenvalue weighted by Crippen LogP contribution is 2.52. The molecule has 2 nitrogen and oxygen atoms in total. The summed E-state index contributed by atoms with van der Waals surface area (Å²) in [6.45, 7) is 0. The monoisotopic (exact) mass is 327 g/mol. The molecule has 22 heavy (non-hydrogen) atoms. The van der Waals surface area contributed by atoms with Crippen molar-refractivity contribution in [3.63, 3.8) is 0 Å². The number of pyridine rings is 1. The smallest absolute Gasteiger partial charge is 0.437 e. The maximum Gasteiger partial charge on any atom is 0.437 e. The Morgan fingerprint density at radius 2 is 1.45 bits per heavy atom. The van der Waals surface area contributed by atoms with Crippen molar-refractivity contribution in [2.24, 2.45) is 0 Å². The van der Waals surface area contributed by atoms with Gasteiger partial charge < -0.3 is 4.74 Å². The van der Waals surface area contributed by atoms with Crippen LogP contribution in [-0.4, -0.2) is 24.4 Å².